The smallest absolute Gasteiger partial charge is 0.320 e. The Bertz CT molecular complexity index is 357. The summed E-state index contributed by atoms with van der Waals surface area (Å²) in [5, 5.41) is 8.68. The summed E-state index contributed by atoms with van der Waals surface area (Å²) in [6.45, 7) is 0.427. The number of hydrogen-bond donors (Lipinski definition) is 2. The second kappa shape index (κ2) is 6.35. The van der Waals surface area contributed by atoms with Crippen molar-refractivity contribution < 1.29 is 14.6 Å². The van der Waals surface area contributed by atoms with E-state index in [0.29, 0.717) is 18.2 Å². The van der Waals surface area contributed by atoms with Crippen molar-refractivity contribution in [3.63, 3.8) is 0 Å². The van der Waals surface area contributed by atoms with Crippen molar-refractivity contribution in [3.05, 3.63) is 29.8 Å². The Labute approximate surface area is 99.0 Å². The van der Waals surface area contributed by atoms with Gasteiger partial charge in [-0.3, -0.25) is 4.79 Å². The van der Waals surface area contributed by atoms with Gasteiger partial charge in [0, 0.05) is 0 Å². The van der Waals surface area contributed by atoms with E-state index in [1.165, 1.54) is 0 Å². The van der Waals surface area contributed by atoms with Crippen LogP contribution in [-0.2, 0) is 11.2 Å². The molecular formula is C11H14ClNO3. The Morgan fingerprint density at radius 1 is 1.56 bits per heavy atom. The van der Waals surface area contributed by atoms with Crippen LogP contribution in [0.25, 0.3) is 0 Å². The first-order valence-corrected chi connectivity index (χ1v) is 5.43. The Morgan fingerprint density at radius 3 is 2.94 bits per heavy atom. The summed E-state index contributed by atoms with van der Waals surface area (Å²) in [7, 11) is 0. The van der Waals surface area contributed by atoms with E-state index in [9.17, 15) is 4.79 Å². The first-order valence-electron chi connectivity index (χ1n) is 4.89. The normalized spacial score (nSPS) is 12.1. The molecule has 0 unspecified atom stereocenters. The molecule has 0 saturated carbocycles. The van der Waals surface area contributed by atoms with Gasteiger partial charge in [0.1, 0.15) is 18.4 Å². The van der Waals surface area contributed by atoms with Crippen molar-refractivity contribution in [2.75, 3.05) is 12.5 Å². The maximum Gasteiger partial charge on any atom is 0.320 e. The molecule has 0 aliphatic rings. The minimum Gasteiger partial charge on any atom is -0.492 e. The minimum atomic E-state index is -1.01. The molecule has 1 rings (SSSR count). The van der Waals surface area contributed by atoms with Crippen LogP contribution in [0.15, 0.2) is 24.3 Å². The molecule has 0 heterocycles. The number of hydrogen-bond acceptors (Lipinski definition) is 3. The fourth-order valence-corrected chi connectivity index (χ4v) is 1.34. The zero-order valence-corrected chi connectivity index (χ0v) is 9.48. The molecular weight excluding hydrogens is 230 g/mol. The average Bonchev–Trinajstić information content (AvgIpc) is 2.26. The molecule has 0 aliphatic heterocycles. The number of alkyl halides is 1. The number of halogens is 1. The molecule has 88 valence electrons. The highest BCUT2D eigenvalue weighted by molar-refractivity contribution is 6.18. The summed E-state index contributed by atoms with van der Waals surface area (Å²) >= 11 is 5.49. The second-order valence-electron chi connectivity index (χ2n) is 3.33. The largest absolute Gasteiger partial charge is 0.492 e. The molecule has 4 nitrogen and oxygen atoms in total. The van der Waals surface area contributed by atoms with Crippen LogP contribution in [0, 0.1) is 0 Å². The van der Waals surface area contributed by atoms with E-state index in [-0.39, 0.29) is 6.42 Å². The highest BCUT2D eigenvalue weighted by atomic mass is 35.5. The van der Waals surface area contributed by atoms with Gasteiger partial charge >= 0.3 is 5.97 Å². The Kier molecular flexibility index (Phi) is 5.08. The van der Waals surface area contributed by atoms with Crippen molar-refractivity contribution in [2.45, 2.75) is 12.5 Å². The monoisotopic (exact) mass is 243 g/mol. The summed E-state index contributed by atoms with van der Waals surface area (Å²) < 4.78 is 5.32. The molecule has 0 aliphatic carbocycles. The van der Waals surface area contributed by atoms with E-state index in [4.69, 9.17) is 27.2 Å². The van der Waals surface area contributed by atoms with Crippen molar-refractivity contribution >= 4 is 17.6 Å². The van der Waals surface area contributed by atoms with Crippen LogP contribution < -0.4 is 10.5 Å². The maximum absolute atomic E-state index is 10.6. The van der Waals surface area contributed by atoms with E-state index in [1.54, 1.807) is 18.2 Å². The SMILES string of the molecule is N[C@@H](Cc1cccc(OCCCl)c1)C(=O)O. The minimum absolute atomic E-state index is 0.285. The zero-order valence-electron chi connectivity index (χ0n) is 8.73. The van der Waals surface area contributed by atoms with E-state index in [0.717, 1.165) is 5.56 Å². The van der Waals surface area contributed by atoms with Crippen molar-refractivity contribution in [2.24, 2.45) is 5.73 Å². The number of benzene rings is 1. The lowest BCUT2D eigenvalue weighted by Gasteiger charge is -2.08. The van der Waals surface area contributed by atoms with Gasteiger partial charge in [-0.1, -0.05) is 12.1 Å². The lowest BCUT2D eigenvalue weighted by atomic mass is 10.1. The third-order valence-electron chi connectivity index (χ3n) is 2.02. The van der Waals surface area contributed by atoms with E-state index < -0.39 is 12.0 Å². The first kappa shape index (κ1) is 12.8. The third-order valence-corrected chi connectivity index (χ3v) is 2.17. The van der Waals surface area contributed by atoms with E-state index in [1.807, 2.05) is 6.07 Å². The quantitative estimate of drug-likeness (QED) is 0.738. The molecule has 0 spiro atoms. The number of nitrogens with two attached hydrogens (primary N) is 1. The average molecular weight is 244 g/mol. The van der Waals surface area contributed by atoms with Crippen LogP contribution in [0.2, 0.25) is 0 Å². The molecule has 0 radical (unpaired) electrons. The van der Waals surface area contributed by atoms with Crippen LogP contribution in [0.4, 0.5) is 0 Å². The zero-order chi connectivity index (χ0) is 12.0. The molecule has 0 bridgehead atoms. The highest BCUT2D eigenvalue weighted by Gasteiger charge is 2.12. The van der Waals surface area contributed by atoms with Gasteiger partial charge in [0.05, 0.1) is 5.88 Å². The standard InChI is InChI=1S/C11H14ClNO3/c12-4-5-16-9-3-1-2-8(6-9)7-10(13)11(14)15/h1-3,6,10H,4-5,7,13H2,(H,14,15)/t10-/m0/s1. The fourth-order valence-electron chi connectivity index (χ4n) is 1.26. The van der Waals surface area contributed by atoms with Gasteiger partial charge in [-0.2, -0.15) is 0 Å². The number of carbonyl (C=O) groups is 1. The summed E-state index contributed by atoms with van der Waals surface area (Å²) in [4.78, 5) is 10.6. The van der Waals surface area contributed by atoms with Gasteiger partial charge in [0.2, 0.25) is 0 Å². The molecule has 1 atom stereocenters. The molecule has 0 saturated heterocycles. The molecule has 3 N–H and O–H groups in total. The van der Waals surface area contributed by atoms with Crippen LogP contribution >= 0.6 is 11.6 Å². The van der Waals surface area contributed by atoms with Gasteiger partial charge < -0.3 is 15.6 Å². The predicted octanol–water partition coefficient (Wildman–Crippen LogP) is 1.26. The van der Waals surface area contributed by atoms with Crippen LogP contribution in [0.1, 0.15) is 5.56 Å². The van der Waals surface area contributed by atoms with Crippen LogP contribution in [0.5, 0.6) is 5.75 Å². The van der Waals surface area contributed by atoms with Gasteiger partial charge in [0.25, 0.3) is 0 Å². The van der Waals surface area contributed by atoms with Crippen molar-refractivity contribution in [3.8, 4) is 5.75 Å². The lowest BCUT2D eigenvalue weighted by Crippen LogP contribution is -2.32. The summed E-state index contributed by atoms with van der Waals surface area (Å²) in [5.41, 5.74) is 6.27. The maximum atomic E-state index is 10.6. The number of carboxylic acid groups (broad SMARTS) is 1. The number of carboxylic acids is 1. The molecule has 0 amide bonds. The Morgan fingerprint density at radius 2 is 2.31 bits per heavy atom. The first-order chi connectivity index (χ1) is 7.63. The molecule has 5 heteroatoms. The number of aliphatic carboxylic acids is 1. The summed E-state index contributed by atoms with van der Waals surface area (Å²) in [6, 6.07) is 6.30. The number of ether oxygens (including phenoxy) is 1. The van der Waals surface area contributed by atoms with Crippen molar-refractivity contribution in [1.29, 1.82) is 0 Å². The molecule has 0 fully saturated rings. The van der Waals surface area contributed by atoms with Crippen LogP contribution in [0.3, 0.4) is 0 Å². The molecule has 1 aromatic rings. The lowest BCUT2D eigenvalue weighted by molar-refractivity contribution is -0.138. The number of rotatable bonds is 6. The van der Waals surface area contributed by atoms with Crippen molar-refractivity contribution in [1.82, 2.24) is 0 Å². The second-order valence-corrected chi connectivity index (χ2v) is 3.71. The van der Waals surface area contributed by atoms with Gasteiger partial charge in [-0.25, -0.2) is 0 Å². The molecule has 1 aromatic carbocycles. The Balaban J connectivity index is 2.63. The van der Waals surface area contributed by atoms with Crippen LogP contribution in [-0.4, -0.2) is 29.6 Å². The predicted molar refractivity (Wildman–Crippen MR) is 62.0 cm³/mol. The molecule has 0 aromatic heterocycles. The van der Waals surface area contributed by atoms with Gasteiger partial charge in [-0.15, -0.1) is 11.6 Å². The third kappa shape index (κ3) is 4.08. The topological polar surface area (TPSA) is 72.5 Å². The molecule has 16 heavy (non-hydrogen) atoms. The van der Waals surface area contributed by atoms with E-state index in [2.05, 4.69) is 0 Å². The highest BCUT2D eigenvalue weighted by Crippen LogP contribution is 2.14. The van der Waals surface area contributed by atoms with Gasteiger partial charge in [-0.05, 0) is 24.1 Å². The summed E-state index contributed by atoms with van der Waals surface area (Å²) in [5.74, 6) is 0.0848. The summed E-state index contributed by atoms with van der Waals surface area (Å²) in [6.07, 6.45) is 0.285. The van der Waals surface area contributed by atoms with E-state index >= 15 is 0 Å². The van der Waals surface area contributed by atoms with Gasteiger partial charge in [0.15, 0.2) is 0 Å². The Hall–Kier alpha value is -1.26. The fraction of sp³-hybridized carbons (Fsp3) is 0.364.